The first-order valence-corrected chi connectivity index (χ1v) is 8.50. The zero-order valence-electron chi connectivity index (χ0n) is 15.5. The zero-order valence-corrected chi connectivity index (χ0v) is 15.5. The van der Waals surface area contributed by atoms with Crippen molar-refractivity contribution in [3.8, 4) is 0 Å². The standard InChI is InChI=1S/C16H28N6O3/c1-19(2)16(24)21-7-5-6-13(10-21)15(23)20(3)11-14-18-17-12-22(14)8-9-25-4/h12-13H,5-11H2,1-4H3. The fourth-order valence-electron chi connectivity index (χ4n) is 3.01. The maximum atomic E-state index is 12.8. The lowest BCUT2D eigenvalue weighted by atomic mass is 9.97. The van der Waals surface area contributed by atoms with E-state index in [4.69, 9.17) is 4.74 Å². The molecule has 9 heteroatoms. The smallest absolute Gasteiger partial charge is 0.319 e. The molecule has 1 saturated heterocycles. The fraction of sp³-hybridized carbons (Fsp3) is 0.750. The van der Waals surface area contributed by atoms with Gasteiger partial charge in [-0.25, -0.2) is 4.79 Å². The number of ether oxygens (including phenoxy) is 1. The highest BCUT2D eigenvalue weighted by atomic mass is 16.5. The van der Waals surface area contributed by atoms with Gasteiger partial charge in [0.15, 0.2) is 5.82 Å². The van der Waals surface area contributed by atoms with E-state index in [0.717, 1.165) is 18.7 Å². The van der Waals surface area contributed by atoms with Gasteiger partial charge in [-0.1, -0.05) is 0 Å². The lowest BCUT2D eigenvalue weighted by Gasteiger charge is -2.35. The van der Waals surface area contributed by atoms with Gasteiger partial charge in [0.1, 0.15) is 6.33 Å². The minimum atomic E-state index is -0.169. The van der Waals surface area contributed by atoms with Gasteiger partial charge < -0.3 is 24.0 Å². The van der Waals surface area contributed by atoms with Gasteiger partial charge in [0, 0.05) is 47.9 Å². The van der Waals surface area contributed by atoms with Crippen molar-refractivity contribution in [2.75, 3.05) is 47.9 Å². The normalized spacial score (nSPS) is 17.4. The summed E-state index contributed by atoms with van der Waals surface area (Å²) in [6.45, 7) is 2.77. The molecule has 1 unspecified atom stereocenters. The van der Waals surface area contributed by atoms with Crippen molar-refractivity contribution in [2.45, 2.75) is 25.9 Å². The van der Waals surface area contributed by atoms with E-state index in [1.54, 1.807) is 49.3 Å². The van der Waals surface area contributed by atoms with Gasteiger partial charge in [-0.3, -0.25) is 4.79 Å². The third-order valence-electron chi connectivity index (χ3n) is 4.41. The lowest BCUT2D eigenvalue weighted by Crippen LogP contribution is -2.48. The highest BCUT2D eigenvalue weighted by Gasteiger charge is 2.31. The summed E-state index contributed by atoms with van der Waals surface area (Å²) >= 11 is 0. The molecule has 140 valence electrons. The number of amides is 3. The number of urea groups is 1. The quantitative estimate of drug-likeness (QED) is 0.734. The van der Waals surface area contributed by atoms with Crippen molar-refractivity contribution in [2.24, 2.45) is 5.92 Å². The molecule has 0 bridgehead atoms. The van der Waals surface area contributed by atoms with E-state index >= 15 is 0 Å². The molecule has 1 aromatic heterocycles. The number of hydrogen-bond donors (Lipinski definition) is 0. The molecular formula is C16H28N6O3. The summed E-state index contributed by atoms with van der Waals surface area (Å²) in [6, 6.07) is -0.0422. The van der Waals surface area contributed by atoms with Crippen LogP contribution in [0.25, 0.3) is 0 Å². The Bertz CT molecular complexity index is 588. The maximum absolute atomic E-state index is 12.8. The van der Waals surface area contributed by atoms with Gasteiger partial charge in [-0.05, 0) is 12.8 Å². The summed E-state index contributed by atoms with van der Waals surface area (Å²) in [6.07, 6.45) is 3.29. The van der Waals surface area contributed by atoms with Gasteiger partial charge >= 0.3 is 6.03 Å². The summed E-state index contributed by atoms with van der Waals surface area (Å²) in [4.78, 5) is 29.9. The van der Waals surface area contributed by atoms with Crippen LogP contribution >= 0.6 is 0 Å². The molecule has 1 atom stereocenters. The highest BCUT2D eigenvalue weighted by Crippen LogP contribution is 2.20. The molecule has 0 aromatic carbocycles. The van der Waals surface area contributed by atoms with Crippen molar-refractivity contribution in [1.29, 1.82) is 0 Å². The molecular weight excluding hydrogens is 324 g/mol. The Morgan fingerprint density at radius 3 is 2.80 bits per heavy atom. The number of carbonyl (C=O) groups is 2. The molecule has 1 aliphatic rings. The van der Waals surface area contributed by atoms with Gasteiger partial charge in [-0.15, -0.1) is 10.2 Å². The van der Waals surface area contributed by atoms with E-state index in [-0.39, 0.29) is 17.9 Å². The van der Waals surface area contributed by atoms with Crippen LogP contribution in [-0.4, -0.2) is 89.4 Å². The average Bonchev–Trinajstić information content (AvgIpc) is 3.05. The Morgan fingerprint density at radius 2 is 2.12 bits per heavy atom. The molecule has 1 fully saturated rings. The number of methoxy groups -OCH3 is 1. The SMILES string of the molecule is COCCn1cnnc1CN(C)C(=O)C1CCCN(C(=O)N(C)C)C1. The van der Waals surface area contributed by atoms with Gasteiger partial charge in [-0.2, -0.15) is 0 Å². The van der Waals surface area contributed by atoms with Crippen molar-refractivity contribution in [3.05, 3.63) is 12.2 Å². The third kappa shape index (κ3) is 4.91. The first kappa shape index (κ1) is 19.2. The minimum absolute atomic E-state index is 0.0394. The van der Waals surface area contributed by atoms with Gasteiger partial charge in [0.25, 0.3) is 0 Å². The van der Waals surface area contributed by atoms with Gasteiger partial charge in [0.05, 0.1) is 19.1 Å². The van der Waals surface area contributed by atoms with E-state index in [2.05, 4.69) is 10.2 Å². The minimum Gasteiger partial charge on any atom is -0.383 e. The van der Waals surface area contributed by atoms with Crippen LogP contribution in [0.2, 0.25) is 0 Å². The van der Waals surface area contributed by atoms with Gasteiger partial charge in [0.2, 0.25) is 5.91 Å². The van der Waals surface area contributed by atoms with Crippen LogP contribution in [0.5, 0.6) is 0 Å². The predicted octanol–water partition coefficient (Wildman–Crippen LogP) is 0.277. The fourth-order valence-corrected chi connectivity index (χ4v) is 3.01. The maximum Gasteiger partial charge on any atom is 0.319 e. The molecule has 0 spiro atoms. The molecule has 0 aliphatic carbocycles. The van der Waals surface area contributed by atoms with Crippen molar-refractivity contribution >= 4 is 11.9 Å². The molecule has 0 saturated carbocycles. The van der Waals surface area contributed by atoms with Crippen LogP contribution in [0.4, 0.5) is 4.79 Å². The third-order valence-corrected chi connectivity index (χ3v) is 4.41. The van der Waals surface area contributed by atoms with E-state index in [1.807, 2.05) is 4.57 Å². The monoisotopic (exact) mass is 352 g/mol. The first-order chi connectivity index (χ1) is 11.9. The number of carbonyl (C=O) groups excluding carboxylic acids is 2. The summed E-state index contributed by atoms with van der Waals surface area (Å²) in [5.41, 5.74) is 0. The Hall–Kier alpha value is -2.16. The molecule has 1 aromatic rings. The number of hydrogen-bond acceptors (Lipinski definition) is 5. The molecule has 1 aliphatic heterocycles. The Labute approximate surface area is 148 Å². The molecule has 2 rings (SSSR count). The second-order valence-electron chi connectivity index (χ2n) is 6.59. The topological polar surface area (TPSA) is 83.8 Å². The molecule has 2 heterocycles. The van der Waals surface area contributed by atoms with E-state index in [0.29, 0.717) is 32.8 Å². The average molecular weight is 352 g/mol. The zero-order chi connectivity index (χ0) is 18.4. The Morgan fingerprint density at radius 1 is 1.36 bits per heavy atom. The summed E-state index contributed by atoms with van der Waals surface area (Å²) < 4.78 is 6.96. The van der Waals surface area contributed by atoms with E-state index in [1.165, 1.54) is 0 Å². The summed E-state index contributed by atoms with van der Waals surface area (Å²) in [5.74, 6) is 0.598. The second-order valence-corrected chi connectivity index (χ2v) is 6.59. The summed E-state index contributed by atoms with van der Waals surface area (Å²) in [5, 5.41) is 8.01. The highest BCUT2D eigenvalue weighted by molar-refractivity contribution is 5.80. The van der Waals surface area contributed by atoms with Crippen molar-refractivity contribution in [3.63, 3.8) is 0 Å². The van der Waals surface area contributed by atoms with Crippen LogP contribution in [0.1, 0.15) is 18.7 Å². The molecule has 25 heavy (non-hydrogen) atoms. The van der Waals surface area contributed by atoms with Crippen LogP contribution in [0.15, 0.2) is 6.33 Å². The molecule has 3 amide bonds. The Kier molecular flexibility index (Phi) is 6.74. The molecule has 0 radical (unpaired) electrons. The van der Waals surface area contributed by atoms with Crippen LogP contribution in [0.3, 0.4) is 0 Å². The number of rotatable bonds is 6. The number of aromatic nitrogens is 3. The van der Waals surface area contributed by atoms with Crippen molar-refractivity contribution < 1.29 is 14.3 Å². The van der Waals surface area contributed by atoms with E-state index in [9.17, 15) is 9.59 Å². The predicted molar refractivity (Wildman–Crippen MR) is 91.8 cm³/mol. The number of nitrogens with zero attached hydrogens (tertiary/aromatic N) is 6. The summed E-state index contributed by atoms with van der Waals surface area (Å²) in [7, 11) is 6.87. The van der Waals surface area contributed by atoms with Crippen molar-refractivity contribution in [1.82, 2.24) is 29.5 Å². The molecule has 0 N–H and O–H groups in total. The van der Waals surface area contributed by atoms with Crippen LogP contribution < -0.4 is 0 Å². The Balaban J connectivity index is 1.95. The molecule has 9 nitrogen and oxygen atoms in total. The lowest BCUT2D eigenvalue weighted by molar-refractivity contribution is -0.136. The largest absolute Gasteiger partial charge is 0.383 e. The van der Waals surface area contributed by atoms with E-state index < -0.39 is 0 Å². The number of likely N-dealkylation sites (tertiary alicyclic amines) is 1. The number of piperidine rings is 1. The van der Waals surface area contributed by atoms with Crippen LogP contribution in [0, 0.1) is 5.92 Å². The first-order valence-electron chi connectivity index (χ1n) is 8.50. The second kappa shape index (κ2) is 8.80. The van der Waals surface area contributed by atoms with Crippen LogP contribution in [-0.2, 0) is 22.6 Å².